The first-order valence-electron chi connectivity index (χ1n) is 6.24. The molecule has 106 valence electrons. The van der Waals surface area contributed by atoms with Crippen LogP contribution < -0.4 is 5.73 Å². The van der Waals surface area contributed by atoms with Crippen LogP contribution in [0.15, 0.2) is 24.3 Å². The van der Waals surface area contributed by atoms with Gasteiger partial charge in [0.1, 0.15) is 5.82 Å². The van der Waals surface area contributed by atoms with Gasteiger partial charge in [0, 0.05) is 12.6 Å². The molecule has 0 aliphatic rings. The predicted octanol–water partition coefficient (Wildman–Crippen LogP) is 2.43. The third-order valence-corrected chi connectivity index (χ3v) is 3.88. The Labute approximate surface area is 118 Å². The fourth-order valence-electron chi connectivity index (χ4n) is 1.84. The first-order valence-corrected chi connectivity index (χ1v) is 7.64. The van der Waals surface area contributed by atoms with Crippen molar-refractivity contribution >= 4 is 17.7 Å². The van der Waals surface area contributed by atoms with E-state index in [-0.39, 0.29) is 17.8 Å². The van der Waals surface area contributed by atoms with Crippen molar-refractivity contribution in [2.75, 3.05) is 19.1 Å². The molecule has 0 aliphatic heterocycles. The van der Waals surface area contributed by atoms with Crippen LogP contribution in [0, 0.1) is 5.82 Å². The standard InChI is InChI=1S/C14H21FN2OS/c1-10(11-6-4-5-7-12(11)15)17(2)14(18)13(16)8-9-19-3/h4-7,10,13H,8-9,16H2,1-3H3/t10?,13-/m1/s1. The average molecular weight is 284 g/mol. The number of nitrogens with two attached hydrogens (primary N) is 1. The van der Waals surface area contributed by atoms with Crippen molar-refractivity contribution in [2.24, 2.45) is 5.73 Å². The molecule has 1 aromatic carbocycles. The molecule has 0 fully saturated rings. The molecular weight excluding hydrogens is 263 g/mol. The maximum atomic E-state index is 13.7. The predicted molar refractivity (Wildman–Crippen MR) is 78.6 cm³/mol. The van der Waals surface area contributed by atoms with Crippen LogP contribution in [0.25, 0.3) is 0 Å². The Balaban J connectivity index is 2.74. The molecule has 1 amide bonds. The number of hydrogen-bond acceptors (Lipinski definition) is 3. The lowest BCUT2D eigenvalue weighted by atomic mass is 10.1. The summed E-state index contributed by atoms with van der Waals surface area (Å²) in [6.07, 6.45) is 2.61. The summed E-state index contributed by atoms with van der Waals surface area (Å²) in [4.78, 5) is 13.7. The molecule has 0 spiro atoms. The normalized spacial score (nSPS) is 13.9. The number of thioether (sulfide) groups is 1. The molecule has 0 aliphatic carbocycles. The van der Waals surface area contributed by atoms with Gasteiger partial charge in [-0.2, -0.15) is 11.8 Å². The number of likely N-dealkylation sites (N-methyl/N-ethyl adjacent to an activating group) is 1. The van der Waals surface area contributed by atoms with E-state index in [4.69, 9.17) is 5.73 Å². The molecular formula is C14H21FN2OS. The van der Waals surface area contributed by atoms with Gasteiger partial charge in [-0.25, -0.2) is 4.39 Å². The zero-order valence-electron chi connectivity index (χ0n) is 11.6. The molecule has 2 N–H and O–H groups in total. The molecule has 5 heteroatoms. The highest BCUT2D eigenvalue weighted by Crippen LogP contribution is 2.22. The highest BCUT2D eigenvalue weighted by Gasteiger charge is 2.24. The van der Waals surface area contributed by atoms with Crippen LogP contribution >= 0.6 is 11.8 Å². The molecule has 0 radical (unpaired) electrons. The van der Waals surface area contributed by atoms with E-state index in [1.54, 1.807) is 43.9 Å². The van der Waals surface area contributed by atoms with Gasteiger partial charge in [-0.3, -0.25) is 4.79 Å². The van der Waals surface area contributed by atoms with Gasteiger partial charge >= 0.3 is 0 Å². The van der Waals surface area contributed by atoms with E-state index in [1.807, 2.05) is 6.26 Å². The lowest BCUT2D eigenvalue weighted by molar-refractivity contribution is -0.133. The van der Waals surface area contributed by atoms with Gasteiger partial charge in [-0.1, -0.05) is 18.2 Å². The minimum atomic E-state index is -0.522. The maximum Gasteiger partial charge on any atom is 0.239 e. The van der Waals surface area contributed by atoms with E-state index in [0.29, 0.717) is 12.0 Å². The highest BCUT2D eigenvalue weighted by molar-refractivity contribution is 7.98. The SMILES string of the molecule is CSCC[C@@H](N)C(=O)N(C)C(C)c1ccccc1F. The molecule has 1 aromatic rings. The molecule has 0 saturated heterocycles. The van der Waals surface area contributed by atoms with Crippen molar-refractivity contribution in [3.05, 3.63) is 35.6 Å². The topological polar surface area (TPSA) is 46.3 Å². The smallest absolute Gasteiger partial charge is 0.239 e. The largest absolute Gasteiger partial charge is 0.338 e. The van der Waals surface area contributed by atoms with Gasteiger partial charge in [0.25, 0.3) is 0 Å². The van der Waals surface area contributed by atoms with Crippen LogP contribution in [0.2, 0.25) is 0 Å². The lowest BCUT2D eigenvalue weighted by Gasteiger charge is -2.28. The third-order valence-electron chi connectivity index (χ3n) is 3.23. The Hall–Kier alpha value is -1.07. The molecule has 19 heavy (non-hydrogen) atoms. The summed E-state index contributed by atoms with van der Waals surface area (Å²) < 4.78 is 13.7. The van der Waals surface area contributed by atoms with Crippen molar-refractivity contribution in [3.63, 3.8) is 0 Å². The average Bonchev–Trinajstić information content (AvgIpc) is 2.42. The van der Waals surface area contributed by atoms with Gasteiger partial charge in [0.2, 0.25) is 5.91 Å². The number of amides is 1. The second-order valence-corrected chi connectivity index (χ2v) is 5.52. The van der Waals surface area contributed by atoms with Crippen LogP contribution in [0.1, 0.15) is 24.9 Å². The molecule has 3 nitrogen and oxygen atoms in total. The van der Waals surface area contributed by atoms with Crippen LogP contribution in [0.4, 0.5) is 4.39 Å². The number of halogens is 1. The molecule has 0 bridgehead atoms. The number of rotatable bonds is 6. The quantitative estimate of drug-likeness (QED) is 0.872. The number of benzene rings is 1. The Morgan fingerprint density at radius 3 is 2.68 bits per heavy atom. The second kappa shape index (κ2) is 7.50. The monoisotopic (exact) mass is 284 g/mol. The van der Waals surface area contributed by atoms with Crippen LogP contribution in [0.5, 0.6) is 0 Å². The first-order chi connectivity index (χ1) is 8.99. The summed E-state index contributed by atoms with van der Waals surface area (Å²) in [5, 5.41) is 0. The zero-order chi connectivity index (χ0) is 14.4. The van der Waals surface area contributed by atoms with Crippen molar-refractivity contribution in [1.82, 2.24) is 4.90 Å². The molecule has 0 aromatic heterocycles. The van der Waals surface area contributed by atoms with Gasteiger partial charge in [0.05, 0.1) is 12.1 Å². The first kappa shape index (κ1) is 16.0. The maximum absolute atomic E-state index is 13.7. The zero-order valence-corrected chi connectivity index (χ0v) is 12.4. The highest BCUT2D eigenvalue weighted by atomic mass is 32.2. The lowest BCUT2D eigenvalue weighted by Crippen LogP contribution is -2.43. The Bertz CT molecular complexity index is 428. The van der Waals surface area contributed by atoms with Gasteiger partial charge in [-0.15, -0.1) is 0 Å². The van der Waals surface area contributed by atoms with E-state index in [0.717, 1.165) is 5.75 Å². The van der Waals surface area contributed by atoms with Gasteiger partial charge in [0.15, 0.2) is 0 Å². The number of carbonyl (C=O) groups excluding carboxylic acids is 1. The van der Waals surface area contributed by atoms with E-state index in [1.165, 1.54) is 11.0 Å². The molecule has 0 heterocycles. The van der Waals surface area contributed by atoms with Crippen molar-refractivity contribution in [3.8, 4) is 0 Å². The molecule has 1 unspecified atom stereocenters. The van der Waals surface area contributed by atoms with Gasteiger partial charge in [-0.05, 0) is 31.4 Å². The molecule has 1 rings (SSSR count). The van der Waals surface area contributed by atoms with Gasteiger partial charge < -0.3 is 10.6 Å². The molecule has 0 saturated carbocycles. The van der Waals surface area contributed by atoms with E-state index in [9.17, 15) is 9.18 Å². The van der Waals surface area contributed by atoms with E-state index >= 15 is 0 Å². The summed E-state index contributed by atoms with van der Waals surface area (Å²) in [7, 11) is 1.67. The Morgan fingerprint density at radius 2 is 2.11 bits per heavy atom. The van der Waals surface area contributed by atoms with E-state index in [2.05, 4.69) is 0 Å². The second-order valence-electron chi connectivity index (χ2n) is 4.53. The number of nitrogens with zero attached hydrogens (tertiary/aromatic N) is 1. The summed E-state index contributed by atoms with van der Waals surface area (Å²) >= 11 is 1.66. The summed E-state index contributed by atoms with van der Waals surface area (Å²) in [5.74, 6) is 0.395. The van der Waals surface area contributed by atoms with Crippen molar-refractivity contribution < 1.29 is 9.18 Å². The Morgan fingerprint density at radius 1 is 1.47 bits per heavy atom. The summed E-state index contributed by atoms with van der Waals surface area (Å²) in [5.41, 5.74) is 6.37. The Kier molecular flexibility index (Phi) is 6.31. The summed E-state index contributed by atoms with van der Waals surface area (Å²) in [6, 6.07) is 5.65. The molecule has 2 atom stereocenters. The van der Waals surface area contributed by atoms with Crippen LogP contribution in [0.3, 0.4) is 0 Å². The fraction of sp³-hybridized carbons (Fsp3) is 0.500. The number of hydrogen-bond donors (Lipinski definition) is 1. The van der Waals surface area contributed by atoms with E-state index < -0.39 is 6.04 Å². The third kappa shape index (κ3) is 4.21. The number of carbonyl (C=O) groups is 1. The fourth-order valence-corrected chi connectivity index (χ4v) is 2.33. The van der Waals surface area contributed by atoms with Crippen molar-refractivity contribution in [1.29, 1.82) is 0 Å². The minimum absolute atomic E-state index is 0.148. The van der Waals surface area contributed by atoms with Crippen LogP contribution in [-0.2, 0) is 4.79 Å². The van der Waals surface area contributed by atoms with Crippen LogP contribution in [-0.4, -0.2) is 35.9 Å². The summed E-state index contributed by atoms with van der Waals surface area (Å²) in [6.45, 7) is 1.80. The van der Waals surface area contributed by atoms with Crippen molar-refractivity contribution in [2.45, 2.75) is 25.4 Å². The minimum Gasteiger partial charge on any atom is -0.338 e.